The van der Waals surface area contributed by atoms with Crippen molar-refractivity contribution in [1.29, 1.82) is 0 Å². The molecule has 1 aliphatic heterocycles. The summed E-state index contributed by atoms with van der Waals surface area (Å²) >= 11 is 0. The van der Waals surface area contributed by atoms with E-state index in [9.17, 15) is 4.79 Å². The van der Waals surface area contributed by atoms with E-state index in [1.54, 1.807) is 6.20 Å². The summed E-state index contributed by atoms with van der Waals surface area (Å²) in [5.74, 6) is -0.124. The van der Waals surface area contributed by atoms with E-state index in [1.165, 1.54) is 0 Å². The number of aromatic nitrogens is 2. The fourth-order valence-corrected chi connectivity index (χ4v) is 2.00. The van der Waals surface area contributed by atoms with Crippen LogP contribution in [-0.2, 0) is 16.1 Å². The van der Waals surface area contributed by atoms with Crippen molar-refractivity contribution in [2.24, 2.45) is 0 Å². The van der Waals surface area contributed by atoms with Crippen LogP contribution in [0.1, 0.15) is 24.4 Å². The molecule has 2 rings (SSSR count). The second-order valence-corrected chi connectivity index (χ2v) is 4.39. The molecule has 1 saturated heterocycles. The fraction of sp³-hybridized carbons (Fsp3) is 0.583. The Balaban J connectivity index is 1.72. The second kappa shape index (κ2) is 5.88. The van der Waals surface area contributed by atoms with Gasteiger partial charge in [-0.2, -0.15) is 0 Å². The lowest BCUT2D eigenvalue weighted by atomic mass is 10.2. The lowest BCUT2D eigenvalue weighted by Crippen LogP contribution is -2.28. The average Bonchev–Trinajstić information content (AvgIpc) is 2.78. The third kappa shape index (κ3) is 3.48. The molecule has 2 heterocycles. The minimum absolute atomic E-state index is 0.0194. The predicted octanol–water partition coefficient (Wildman–Crippen LogP) is 0.507. The number of carboxylic acid groups (broad SMARTS) is 1. The molecule has 1 aromatic heterocycles. The standard InChI is InChI=1S/C12H17N3O3/c1-8-14-5-4-9(15-8)6-13-7-10-2-3-11(18-10)12(16)17/h4-5,10-11,13H,2-3,6-7H2,1H3,(H,16,17). The Hall–Kier alpha value is -1.53. The Kier molecular flexibility index (Phi) is 4.22. The molecular weight excluding hydrogens is 234 g/mol. The summed E-state index contributed by atoms with van der Waals surface area (Å²) in [5, 5.41) is 12.0. The van der Waals surface area contributed by atoms with Crippen molar-refractivity contribution in [1.82, 2.24) is 15.3 Å². The van der Waals surface area contributed by atoms with Gasteiger partial charge in [-0.3, -0.25) is 0 Å². The molecule has 6 heteroatoms. The third-order valence-corrected chi connectivity index (χ3v) is 2.89. The van der Waals surface area contributed by atoms with Gasteiger partial charge in [-0.25, -0.2) is 14.8 Å². The number of carbonyl (C=O) groups is 1. The van der Waals surface area contributed by atoms with Crippen molar-refractivity contribution in [2.45, 2.75) is 38.5 Å². The maximum atomic E-state index is 10.7. The number of hydrogen-bond acceptors (Lipinski definition) is 5. The maximum absolute atomic E-state index is 10.7. The van der Waals surface area contributed by atoms with Gasteiger partial charge in [0.25, 0.3) is 0 Å². The van der Waals surface area contributed by atoms with Crippen molar-refractivity contribution < 1.29 is 14.6 Å². The van der Waals surface area contributed by atoms with Crippen LogP contribution in [0.5, 0.6) is 0 Å². The van der Waals surface area contributed by atoms with Gasteiger partial charge in [0.2, 0.25) is 0 Å². The van der Waals surface area contributed by atoms with Crippen LogP contribution in [0.15, 0.2) is 12.3 Å². The molecule has 18 heavy (non-hydrogen) atoms. The molecule has 2 N–H and O–H groups in total. The predicted molar refractivity (Wildman–Crippen MR) is 64.0 cm³/mol. The minimum Gasteiger partial charge on any atom is -0.479 e. The van der Waals surface area contributed by atoms with E-state index in [0.29, 0.717) is 19.5 Å². The monoisotopic (exact) mass is 251 g/mol. The smallest absolute Gasteiger partial charge is 0.332 e. The summed E-state index contributed by atoms with van der Waals surface area (Å²) in [5.41, 5.74) is 0.926. The van der Waals surface area contributed by atoms with E-state index >= 15 is 0 Å². The van der Waals surface area contributed by atoms with Crippen molar-refractivity contribution in [2.75, 3.05) is 6.54 Å². The fourth-order valence-electron chi connectivity index (χ4n) is 2.00. The molecule has 98 valence electrons. The quantitative estimate of drug-likeness (QED) is 0.793. The molecule has 2 atom stereocenters. The van der Waals surface area contributed by atoms with Gasteiger partial charge in [0.1, 0.15) is 5.82 Å². The highest BCUT2D eigenvalue weighted by Crippen LogP contribution is 2.19. The highest BCUT2D eigenvalue weighted by molar-refractivity contribution is 5.72. The van der Waals surface area contributed by atoms with Crippen LogP contribution in [0.3, 0.4) is 0 Å². The number of nitrogens with one attached hydrogen (secondary N) is 1. The highest BCUT2D eigenvalue weighted by atomic mass is 16.5. The van der Waals surface area contributed by atoms with Gasteiger partial charge in [-0.05, 0) is 25.8 Å². The molecule has 1 fully saturated rings. The van der Waals surface area contributed by atoms with Gasteiger partial charge in [-0.1, -0.05) is 0 Å². The van der Waals surface area contributed by atoms with E-state index in [4.69, 9.17) is 9.84 Å². The van der Waals surface area contributed by atoms with Gasteiger partial charge in [0, 0.05) is 19.3 Å². The van der Waals surface area contributed by atoms with Crippen LogP contribution in [-0.4, -0.2) is 39.8 Å². The third-order valence-electron chi connectivity index (χ3n) is 2.89. The zero-order valence-corrected chi connectivity index (χ0v) is 10.3. The Morgan fingerprint density at radius 3 is 3.11 bits per heavy atom. The molecule has 0 bridgehead atoms. The van der Waals surface area contributed by atoms with Crippen molar-refractivity contribution >= 4 is 5.97 Å². The number of rotatable bonds is 5. The number of hydrogen-bond donors (Lipinski definition) is 2. The van der Waals surface area contributed by atoms with Crippen LogP contribution < -0.4 is 5.32 Å². The van der Waals surface area contributed by atoms with Crippen LogP contribution in [0.2, 0.25) is 0 Å². The molecule has 1 aliphatic rings. The topological polar surface area (TPSA) is 84.3 Å². The molecule has 0 aromatic carbocycles. The molecule has 0 saturated carbocycles. The molecule has 0 radical (unpaired) electrons. The number of aryl methyl sites for hydroxylation is 1. The van der Waals surface area contributed by atoms with Crippen molar-refractivity contribution in [3.05, 3.63) is 23.8 Å². The molecule has 1 aromatic rings. The van der Waals surface area contributed by atoms with Crippen LogP contribution in [0, 0.1) is 6.92 Å². The summed E-state index contributed by atoms with van der Waals surface area (Å²) in [7, 11) is 0. The molecule has 2 unspecified atom stereocenters. The number of carboxylic acids is 1. The largest absolute Gasteiger partial charge is 0.479 e. The van der Waals surface area contributed by atoms with Gasteiger partial charge >= 0.3 is 5.97 Å². The van der Waals surface area contributed by atoms with E-state index in [-0.39, 0.29) is 6.10 Å². The van der Waals surface area contributed by atoms with E-state index in [2.05, 4.69) is 15.3 Å². The Bertz CT molecular complexity index is 425. The van der Waals surface area contributed by atoms with Crippen LogP contribution in [0.25, 0.3) is 0 Å². The summed E-state index contributed by atoms with van der Waals surface area (Å²) in [6.07, 6.45) is 2.44. The molecule has 0 spiro atoms. The molecule has 0 aliphatic carbocycles. The first-order valence-corrected chi connectivity index (χ1v) is 6.02. The summed E-state index contributed by atoms with van der Waals surface area (Å²) in [6, 6.07) is 1.86. The van der Waals surface area contributed by atoms with Gasteiger partial charge < -0.3 is 15.2 Å². The molecular formula is C12H17N3O3. The summed E-state index contributed by atoms with van der Waals surface area (Å²) in [4.78, 5) is 19.0. The lowest BCUT2D eigenvalue weighted by Gasteiger charge is -2.12. The lowest BCUT2D eigenvalue weighted by molar-refractivity contribution is -0.149. The molecule has 6 nitrogen and oxygen atoms in total. The van der Waals surface area contributed by atoms with E-state index in [0.717, 1.165) is 17.9 Å². The van der Waals surface area contributed by atoms with E-state index < -0.39 is 12.1 Å². The minimum atomic E-state index is -0.871. The van der Waals surface area contributed by atoms with Crippen molar-refractivity contribution in [3.63, 3.8) is 0 Å². The SMILES string of the molecule is Cc1nccc(CNCC2CCC(C(=O)O)O2)n1. The highest BCUT2D eigenvalue weighted by Gasteiger charge is 2.29. The number of ether oxygens (including phenoxy) is 1. The average molecular weight is 251 g/mol. The Morgan fingerprint density at radius 2 is 2.44 bits per heavy atom. The van der Waals surface area contributed by atoms with Crippen molar-refractivity contribution in [3.8, 4) is 0 Å². The number of nitrogens with zero attached hydrogens (tertiary/aromatic N) is 2. The first kappa shape index (κ1) is 12.9. The first-order valence-electron chi connectivity index (χ1n) is 6.02. The normalized spacial score (nSPS) is 23.2. The van der Waals surface area contributed by atoms with Crippen LogP contribution in [0.4, 0.5) is 0 Å². The second-order valence-electron chi connectivity index (χ2n) is 4.39. The van der Waals surface area contributed by atoms with Gasteiger partial charge in [0.05, 0.1) is 11.8 Å². The Labute approximate surface area is 105 Å². The zero-order valence-electron chi connectivity index (χ0n) is 10.3. The van der Waals surface area contributed by atoms with E-state index in [1.807, 2.05) is 13.0 Å². The zero-order chi connectivity index (χ0) is 13.0. The molecule has 0 amide bonds. The maximum Gasteiger partial charge on any atom is 0.332 e. The van der Waals surface area contributed by atoms with Crippen LogP contribution >= 0.6 is 0 Å². The summed E-state index contributed by atoms with van der Waals surface area (Å²) < 4.78 is 5.39. The summed E-state index contributed by atoms with van der Waals surface area (Å²) in [6.45, 7) is 3.13. The Morgan fingerprint density at radius 1 is 1.61 bits per heavy atom. The van der Waals surface area contributed by atoms with Gasteiger partial charge in [0.15, 0.2) is 6.10 Å². The number of aliphatic carboxylic acids is 1. The first-order chi connectivity index (χ1) is 8.65. The van der Waals surface area contributed by atoms with Gasteiger partial charge in [-0.15, -0.1) is 0 Å².